The summed E-state index contributed by atoms with van der Waals surface area (Å²) in [5.74, 6) is 1.71. The Labute approximate surface area is 155 Å². The molecule has 0 radical (unpaired) electrons. The highest BCUT2D eigenvalue weighted by Gasteiger charge is 2.19. The minimum absolute atomic E-state index is 0.0148. The molecule has 1 heterocycles. The summed E-state index contributed by atoms with van der Waals surface area (Å²) in [4.78, 5) is 15.0. The predicted molar refractivity (Wildman–Crippen MR) is 103 cm³/mol. The van der Waals surface area contributed by atoms with Gasteiger partial charge in [0.1, 0.15) is 0 Å². The summed E-state index contributed by atoms with van der Waals surface area (Å²) in [6, 6.07) is 13.3. The van der Waals surface area contributed by atoms with Crippen LogP contribution >= 0.6 is 0 Å². The van der Waals surface area contributed by atoms with Crippen LogP contribution in [-0.4, -0.2) is 38.0 Å². The molecule has 0 N–H and O–H groups in total. The van der Waals surface area contributed by atoms with E-state index in [1.807, 2.05) is 18.3 Å². The van der Waals surface area contributed by atoms with E-state index < -0.39 is 0 Å². The van der Waals surface area contributed by atoms with E-state index in [0.717, 1.165) is 25.9 Å². The average molecular weight is 351 g/mol. The number of ketones is 1. The van der Waals surface area contributed by atoms with Gasteiger partial charge in [0, 0.05) is 24.2 Å². The van der Waals surface area contributed by atoms with Crippen LogP contribution in [-0.2, 0) is 0 Å². The molecule has 0 bridgehead atoms. The minimum atomic E-state index is -0.0148. The molecule has 0 atom stereocenters. The molecule has 0 spiro atoms. The molecule has 0 aliphatic carbocycles. The van der Waals surface area contributed by atoms with Gasteiger partial charge in [-0.15, -0.1) is 0 Å². The number of hydrogen-bond donors (Lipinski definition) is 0. The van der Waals surface area contributed by atoms with Crippen molar-refractivity contribution in [3.63, 3.8) is 0 Å². The zero-order valence-electron chi connectivity index (χ0n) is 15.4. The maximum absolute atomic E-state index is 12.8. The molecule has 0 saturated carbocycles. The molecule has 0 amide bonds. The Balaban J connectivity index is 1.74. The lowest BCUT2D eigenvalue weighted by atomic mass is 9.88. The number of benzene rings is 2. The summed E-state index contributed by atoms with van der Waals surface area (Å²) >= 11 is 0. The largest absolute Gasteiger partial charge is 0.493 e. The van der Waals surface area contributed by atoms with Crippen molar-refractivity contribution < 1.29 is 14.3 Å². The zero-order chi connectivity index (χ0) is 18.5. The van der Waals surface area contributed by atoms with Gasteiger partial charge in [-0.25, -0.2) is 0 Å². The third-order valence-corrected chi connectivity index (χ3v) is 5.08. The van der Waals surface area contributed by atoms with Crippen molar-refractivity contribution >= 4 is 5.78 Å². The van der Waals surface area contributed by atoms with Gasteiger partial charge in [0.05, 0.1) is 14.2 Å². The highest BCUT2D eigenvalue weighted by atomic mass is 16.5. The van der Waals surface area contributed by atoms with Crippen molar-refractivity contribution in [1.82, 2.24) is 4.90 Å². The fourth-order valence-electron chi connectivity index (χ4n) is 3.47. The Hall–Kier alpha value is -2.75. The van der Waals surface area contributed by atoms with Gasteiger partial charge in [-0.3, -0.25) is 4.79 Å². The van der Waals surface area contributed by atoms with Gasteiger partial charge in [0.2, 0.25) is 0 Å². The number of methoxy groups -OCH3 is 2. The summed E-state index contributed by atoms with van der Waals surface area (Å²) in [5, 5.41) is 0. The number of carbonyl (C=O) groups excluding carboxylic acids is 1. The van der Waals surface area contributed by atoms with Crippen molar-refractivity contribution in [3.05, 3.63) is 71.9 Å². The van der Waals surface area contributed by atoms with E-state index in [-0.39, 0.29) is 5.78 Å². The van der Waals surface area contributed by atoms with Crippen LogP contribution < -0.4 is 9.47 Å². The first-order valence-corrected chi connectivity index (χ1v) is 8.89. The van der Waals surface area contributed by atoms with E-state index in [4.69, 9.17) is 9.47 Å². The Kier molecular flexibility index (Phi) is 5.61. The smallest absolute Gasteiger partial charge is 0.193 e. The summed E-state index contributed by atoms with van der Waals surface area (Å²) in [7, 11) is 3.15. The van der Waals surface area contributed by atoms with Gasteiger partial charge in [-0.1, -0.05) is 30.8 Å². The molecule has 2 aromatic rings. The van der Waals surface area contributed by atoms with Crippen LogP contribution in [0, 0.1) is 0 Å². The fraction of sp³-hybridized carbons (Fsp3) is 0.318. The van der Waals surface area contributed by atoms with E-state index in [2.05, 4.69) is 23.6 Å². The van der Waals surface area contributed by atoms with Gasteiger partial charge < -0.3 is 14.4 Å². The first-order valence-electron chi connectivity index (χ1n) is 8.89. The Bertz CT molecular complexity index is 774. The van der Waals surface area contributed by atoms with E-state index in [1.165, 1.54) is 5.56 Å². The first kappa shape index (κ1) is 18.1. The van der Waals surface area contributed by atoms with Gasteiger partial charge in [-0.2, -0.15) is 0 Å². The monoisotopic (exact) mass is 351 g/mol. The lowest BCUT2D eigenvalue weighted by Gasteiger charge is -2.31. The summed E-state index contributed by atoms with van der Waals surface area (Å²) in [6.45, 7) is 5.92. The number of piperidine rings is 1. The van der Waals surface area contributed by atoms with Gasteiger partial charge in [0.15, 0.2) is 17.3 Å². The lowest BCUT2D eigenvalue weighted by molar-refractivity contribution is 0.103. The molecule has 1 saturated heterocycles. The van der Waals surface area contributed by atoms with Crippen LogP contribution in [0.25, 0.3) is 0 Å². The molecule has 1 fully saturated rings. The molecule has 1 aliphatic heterocycles. The third-order valence-electron chi connectivity index (χ3n) is 5.08. The maximum atomic E-state index is 12.8. The second-order valence-corrected chi connectivity index (χ2v) is 6.51. The lowest BCUT2D eigenvalue weighted by Crippen LogP contribution is -2.28. The minimum Gasteiger partial charge on any atom is -0.493 e. The topological polar surface area (TPSA) is 38.8 Å². The summed E-state index contributed by atoms with van der Waals surface area (Å²) in [5.41, 5.74) is 2.58. The Morgan fingerprint density at radius 2 is 1.62 bits per heavy atom. The second-order valence-electron chi connectivity index (χ2n) is 6.51. The molecular formula is C22H25NO3. The van der Waals surface area contributed by atoms with Crippen molar-refractivity contribution in [3.8, 4) is 11.5 Å². The molecule has 136 valence electrons. The van der Waals surface area contributed by atoms with E-state index in [0.29, 0.717) is 28.5 Å². The standard InChI is InChI=1S/C22H25NO3/c1-4-23-13-11-17(12-14-23)16-5-7-18(8-6-16)22(24)19-9-10-20(25-2)21(15-19)26-3/h4-10,15,17H,1,11-14H2,2-3H3. The molecule has 2 aromatic carbocycles. The normalized spacial score (nSPS) is 14.8. The highest BCUT2D eigenvalue weighted by Crippen LogP contribution is 2.30. The van der Waals surface area contributed by atoms with Crippen molar-refractivity contribution in [2.75, 3.05) is 27.3 Å². The van der Waals surface area contributed by atoms with Gasteiger partial charge in [-0.05, 0) is 48.7 Å². The van der Waals surface area contributed by atoms with Crippen LogP contribution in [0.4, 0.5) is 0 Å². The SMILES string of the molecule is C=CN1CCC(c2ccc(C(=O)c3ccc(OC)c(OC)c3)cc2)CC1. The van der Waals surface area contributed by atoms with Crippen LogP contribution in [0.15, 0.2) is 55.2 Å². The van der Waals surface area contributed by atoms with Crippen molar-refractivity contribution in [2.45, 2.75) is 18.8 Å². The zero-order valence-corrected chi connectivity index (χ0v) is 15.4. The molecular weight excluding hydrogens is 326 g/mol. The summed E-state index contributed by atoms with van der Waals surface area (Å²) in [6.07, 6.45) is 4.16. The molecule has 4 heteroatoms. The number of ether oxygens (including phenoxy) is 2. The van der Waals surface area contributed by atoms with Crippen LogP contribution in [0.1, 0.15) is 40.2 Å². The second kappa shape index (κ2) is 8.09. The average Bonchev–Trinajstić information content (AvgIpc) is 2.73. The fourth-order valence-corrected chi connectivity index (χ4v) is 3.47. The Morgan fingerprint density at radius 1 is 1.00 bits per heavy atom. The molecule has 26 heavy (non-hydrogen) atoms. The van der Waals surface area contributed by atoms with Crippen molar-refractivity contribution in [2.24, 2.45) is 0 Å². The predicted octanol–water partition coefficient (Wildman–Crippen LogP) is 4.26. The van der Waals surface area contributed by atoms with Crippen LogP contribution in [0.3, 0.4) is 0 Å². The highest BCUT2D eigenvalue weighted by molar-refractivity contribution is 6.09. The van der Waals surface area contributed by atoms with E-state index >= 15 is 0 Å². The maximum Gasteiger partial charge on any atom is 0.193 e. The molecule has 3 rings (SSSR count). The van der Waals surface area contributed by atoms with Crippen molar-refractivity contribution in [1.29, 1.82) is 0 Å². The van der Waals surface area contributed by atoms with Crippen LogP contribution in [0.5, 0.6) is 11.5 Å². The molecule has 1 aliphatic rings. The van der Waals surface area contributed by atoms with E-state index in [1.54, 1.807) is 32.4 Å². The molecule has 0 unspecified atom stereocenters. The van der Waals surface area contributed by atoms with E-state index in [9.17, 15) is 4.79 Å². The van der Waals surface area contributed by atoms with Gasteiger partial charge in [0.25, 0.3) is 0 Å². The van der Waals surface area contributed by atoms with Gasteiger partial charge >= 0.3 is 0 Å². The number of carbonyl (C=O) groups is 1. The number of nitrogens with zero attached hydrogens (tertiary/aromatic N) is 1. The summed E-state index contributed by atoms with van der Waals surface area (Å²) < 4.78 is 10.5. The number of hydrogen-bond acceptors (Lipinski definition) is 4. The first-order chi connectivity index (χ1) is 12.7. The number of likely N-dealkylation sites (tertiary alicyclic amines) is 1. The Morgan fingerprint density at radius 3 is 2.19 bits per heavy atom. The van der Waals surface area contributed by atoms with Crippen LogP contribution in [0.2, 0.25) is 0 Å². The number of rotatable bonds is 6. The molecule has 4 nitrogen and oxygen atoms in total. The quantitative estimate of drug-likeness (QED) is 0.729. The molecule has 0 aromatic heterocycles. The third kappa shape index (κ3) is 3.74.